The summed E-state index contributed by atoms with van der Waals surface area (Å²) in [6.07, 6.45) is 0.151. The minimum absolute atomic E-state index is 0.151. The number of carbonyl (C=O) groups is 2. The molecule has 2 rings (SSSR count). The van der Waals surface area contributed by atoms with E-state index in [1.165, 1.54) is 0 Å². The van der Waals surface area contributed by atoms with Crippen LogP contribution in [-0.4, -0.2) is 18.9 Å². The van der Waals surface area contributed by atoms with E-state index in [0.717, 1.165) is 11.1 Å². The smallest absolute Gasteiger partial charge is 0.250 e. The summed E-state index contributed by atoms with van der Waals surface area (Å²) in [7, 11) is 1.56. The number of carbonyl (C=O) groups excluding carboxylic acids is 2. The molecule has 22 heavy (non-hydrogen) atoms. The number of aryl methyl sites for hydroxylation is 1. The Balaban J connectivity index is 2.18. The van der Waals surface area contributed by atoms with E-state index < -0.39 is 5.91 Å². The molecule has 0 unspecified atom stereocenters. The third-order valence-corrected chi connectivity index (χ3v) is 3.25. The highest BCUT2D eigenvalue weighted by atomic mass is 16.5. The first-order valence-corrected chi connectivity index (χ1v) is 6.83. The predicted octanol–water partition coefficient (Wildman–Crippen LogP) is 2.28. The first-order chi connectivity index (χ1) is 10.5. The maximum atomic E-state index is 12.2. The molecule has 0 radical (unpaired) electrons. The van der Waals surface area contributed by atoms with Crippen molar-refractivity contribution in [3.05, 3.63) is 59.2 Å². The van der Waals surface area contributed by atoms with Gasteiger partial charge in [-0.1, -0.05) is 29.8 Å². The highest BCUT2D eigenvalue weighted by Crippen LogP contribution is 2.21. The minimum atomic E-state index is -0.580. The summed E-state index contributed by atoms with van der Waals surface area (Å²) in [6, 6.07) is 12.3. The Bertz CT molecular complexity index is 711. The van der Waals surface area contributed by atoms with E-state index in [9.17, 15) is 9.59 Å². The van der Waals surface area contributed by atoms with Gasteiger partial charge < -0.3 is 15.8 Å². The number of methoxy groups -OCH3 is 1. The normalized spacial score (nSPS) is 10.1. The number of nitrogens with two attached hydrogens (primary N) is 1. The van der Waals surface area contributed by atoms with Crippen LogP contribution in [0.5, 0.6) is 5.75 Å². The fraction of sp³-hybridized carbons (Fsp3) is 0.176. The standard InChI is InChI=1S/C17H18N2O3/c1-11-7-8-15(22-2)12(9-11)10-16(20)19-14-6-4-3-5-13(14)17(18)21/h3-9H,10H2,1-2H3,(H2,18,21)(H,19,20). The fourth-order valence-electron chi connectivity index (χ4n) is 2.22. The van der Waals surface area contributed by atoms with E-state index in [1.807, 2.05) is 25.1 Å². The molecule has 114 valence electrons. The maximum absolute atomic E-state index is 12.2. The molecule has 0 saturated carbocycles. The van der Waals surface area contributed by atoms with Crippen molar-refractivity contribution in [1.82, 2.24) is 0 Å². The van der Waals surface area contributed by atoms with Gasteiger partial charge in [0, 0.05) is 5.56 Å². The number of para-hydroxylation sites is 1. The number of hydrogen-bond donors (Lipinski definition) is 2. The molecule has 0 bridgehead atoms. The number of ether oxygens (including phenoxy) is 1. The van der Waals surface area contributed by atoms with Crippen molar-refractivity contribution < 1.29 is 14.3 Å². The van der Waals surface area contributed by atoms with Crippen LogP contribution in [0, 0.1) is 6.92 Å². The Kier molecular flexibility index (Phi) is 4.78. The first-order valence-electron chi connectivity index (χ1n) is 6.83. The van der Waals surface area contributed by atoms with Crippen molar-refractivity contribution >= 4 is 17.5 Å². The summed E-state index contributed by atoms with van der Waals surface area (Å²) in [5, 5.41) is 2.72. The summed E-state index contributed by atoms with van der Waals surface area (Å²) in [5.41, 5.74) is 7.82. The molecular weight excluding hydrogens is 280 g/mol. The van der Waals surface area contributed by atoms with Gasteiger partial charge in [0.05, 0.1) is 24.8 Å². The van der Waals surface area contributed by atoms with E-state index >= 15 is 0 Å². The molecule has 0 fully saturated rings. The van der Waals surface area contributed by atoms with Crippen molar-refractivity contribution in [2.45, 2.75) is 13.3 Å². The van der Waals surface area contributed by atoms with Crippen molar-refractivity contribution in [2.24, 2.45) is 5.73 Å². The number of benzene rings is 2. The molecule has 5 nitrogen and oxygen atoms in total. The highest BCUT2D eigenvalue weighted by molar-refractivity contribution is 6.03. The Morgan fingerprint density at radius 1 is 1.18 bits per heavy atom. The second kappa shape index (κ2) is 6.76. The Hall–Kier alpha value is -2.82. The summed E-state index contributed by atoms with van der Waals surface area (Å²) in [6.45, 7) is 1.95. The maximum Gasteiger partial charge on any atom is 0.250 e. The second-order valence-corrected chi connectivity index (χ2v) is 4.95. The third-order valence-electron chi connectivity index (χ3n) is 3.25. The van der Waals surface area contributed by atoms with Crippen LogP contribution in [-0.2, 0) is 11.2 Å². The number of rotatable bonds is 5. The largest absolute Gasteiger partial charge is 0.496 e. The monoisotopic (exact) mass is 298 g/mol. The summed E-state index contributed by atoms with van der Waals surface area (Å²) < 4.78 is 5.26. The van der Waals surface area contributed by atoms with Gasteiger partial charge in [0.25, 0.3) is 5.91 Å². The number of anilines is 1. The number of primary amides is 1. The zero-order valence-corrected chi connectivity index (χ0v) is 12.6. The quantitative estimate of drug-likeness (QED) is 0.888. The van der Waals surface area contributed by atoms with Gasteiger partial charge in [-0.3, -0.25) is 9.59 Å². The lowest BCUT2D eigenvalue weighted by Gasteiger charge is -2.11. The lowest BCUT2D eigenvalue weighted by molar-refractivity contribution is -0.115. The Morgan fingerprint density at radius 3 is 2.59 bits per heavy atom. The van der Waals surface area contributed by atoms with Gasteiger partial charge >= 0.3 is 0 Å². The molecule has 0 aliphatic heterocycles. The van der Waals surface area contributed by atoms with Crippen LogP contribution in [0.15, 0.2) is 42.5 Å². The molecule has 2 aromatic carbocycles. The predicted molar refractivity (Wildman–Crippen MR) is 85.0 cm³/mol. The molecule has 0 spiro atoms. The van der Waals surface area contributed by atoms with Crippen LogP contribution in [0.1, 0.15) is 21.5 Å². The molecule has 0 aliphatic rings. The SMILES string of the molecule is COc1ccc(C)cc1CC(=O)Nc1ccccc1C(N)=O. The van der Waals surface area contributed by atoms with Gasteiger partial charge in [-0.2, -0.15) is 0 Å². The van der Waals surface area contributed by atoms with E-state index in [2.05, 4.69) is 5.32 Å². The summed E-state index contributed by atoms with van der Waals surface area (Å²) in [5.74, 6) is -0.162. The van der Waals surface area contributed by atoms with Gasteiger partial charge in [0.2, 0.25) is 5.91 Å². The van der Waals surface area contributed by atoms with E-state index in [0.29, 0.717) is 11.4 Å². The average Bonchev–Trinajstić information content (AvgIpc) is 2.47. The zero-order valence-electron chi connectivity index (χ0n) is 12.6. The van der Waals surface area contributed by atoms with Crippen LogP contribution < -0.4 is 15.8 Å². The molecule has 0 heterocycles. The lowest BCUT2D eigenvalue weighted by atomic mass is 10.1. The summed E-state index contributed by atoms with van der Waals surface area (Å²) in [4.78, 5) is 23.6. The highest BCUT2D eigenvalue weighted by Gasteiger charge is 2.13. The van der Waals surface area contributed by atoms with Gasteiger partial charge in [-0.15, -0.1) is 0 Å². The first kappa shape index (κ1) is 15.6. The van der Waals surface area contributed by atoms with E-state index in [1.54, 1.807) is 31.4 Å². The van der Waals surface area contributed by atoms with E-state index in [-0.39, 0.29) is 17.9 Å². The molecule has 0 atom stereocenters. The molecule has 2 amide bonds. The van der Waals surface area contributed by atoms with Crippen molar-refractivity contribution in [2.75, 3.05) is 12.4 Å². The molecule has 3 N–H and O–H groups in total. The van der Waals surface area contributed by atoms with Crippen LogP contribution in [0.4, 0.5) is 5.69 Å². The molecule has 0 aromatic heterocycles. The van der Waals surface area contributed by atoms with Gasteiger partial charge in [-0.05, 0) is 25.1 Å². The van der Waals surface area contributed by atoms with Gasteiger partial charge in [0.15, 0.2) is 0 Å². The Morgan fingerprint density at radius 2 is 1.91 bits per heavy atom. The Labute approximate surface area is 129 Å². The van der Waals surface area contributed by atoms with Crippen LogP contribution in [0.2, 0.25) is 0 Å². The number of hydrogen-bond acceptors (Lipinski definition) is 3. The molecule has 0 saturated heterocycles. The van der Waals surface area contributed by atoms with Gasteiger partial charge in [-0.25, -0.2) is 0 Å². The topological polar surface area (TPSA) is 81.4 Å². The lowest BCUT2D eigenvalue weighted by Crippen LogP contribution is -2.19. The number of amides is 2. The van der Waals surface area contributed by atoms with Crippen molar-refractivity contribution in [1.29, 1.82) is 0 Å². The fourth-order valence-corrected chi connectivity index (χ4v) is 2.22. The average molecular weight is 298 g/mol. The minimum Gasteiger partial charge on any atom is -0.496 e. The second-order valence-electron chi connectivity index (χ2n) is 4.95. The van der Waals surface area contributed by atoms with Crippen LogP contribution in [0.25, 0.3) is 0 Å². The van der Waals surface area contributed by atoms with Crippen LogP contribution in [0.3, 0.4) is 0 Å². The van der Waals surface area contributed by atoms with E-state index in [4.69, 9.17) is 10.5 Å². The molecule has 5 heteroatoms. The van der Waals surface area contributed by atoms with Gasteiger partial charge in [0.1, 0.15) is 5.75 Å². The number of nitrogens with one attached hydrogen (secondary N) is 1. The summed E-state index contributed by atoms with van der Waals surface area (Å²) >= 11 is 0. The third kappa shape index (κ3) is 3.63. The molecule has 0 aliphatic carbocycles. The zero-order chi connectivity index (χ0) is 16.1. The molecular formula is C17H18N2O3. The van der Waals surface area contributed by atoms with Crippen molar-refractivity contribution in [3.63, 3.8) is 0 Å². The van der Waals surface area contributed by atoms with Crippen molar-refractivity contribution in [3.8, 4) is 5.75 Å². The van der Waals surface area contributed by atoms with Crippen LogP contribution >= 0.6 is 0 Å². The molecule has 2 aromatic rings.